The molecule has 1 N–H and O–H groups in total. The van der Waals surface area contributed by atoms with Crippen molar-refractivity contribution in [3.05, 3.63) is 67.8 Å². The smallest absolute Gasteiger partial charge is 0.216 e. The molecule has 0 bridgehead atoms. The van der Waals surface area contributed by atoms with Crippen LogP contribution in [-0.2, 0) is 6.61 Å². The molecule has 1 heterocycles. The first-order valence-corrected chi connectivity index (χ1v) is 9.29. The normalized spacial score (nSPS) is 11.0. The number of benzene rings is 2. The summed E-state index contributed by atoms with van der Waals surface area (Å²) in [5, 5.41) is 11.1. The van der Waals surface area contributed by atoms with E-state index in [2.05, 4.69) is 37.9 Å². The Morgan fingerprint density at radius 3 is 2.69 bits per heavy atom. The van der Waals surface area contributed by atoms with Gasteiger partial charge >= 0.3 is 0 Å². The monoisotopic (exact) mass is 480 g/mol. The lowest BCUT2D eigenvalue weighted by atomic mass is 10.1. The lowest BCUT2D eigenvalue weighted by molar-refractivity contribution is 0.296. The van der Waals surface area contributed by atoms with Crippen molar-refractivity contribution in [2.24, 2.45) is 5.10 Å². The number of ether oxygens (including phenoxy) is 2. The first-order chi connectivity index (χ1) is 12.6. The lowest BCUT2D eigenvalue weighted by Gasteiger charge is -2.11. The molecule has 0 radical (unpaired) electrons. The second-order valence-corrected chi connectivity index (χ2v) is 7.08. The Balaban J connectivity index is 1.79. The van der Waals surface area contributed by atoms with Crippen LogP contribution in [0, 0.1) is 15.3 Å². The van der Waals surface area contributed by atoms with Gasteiger partial charge in [0, 0.05) is 9.13 Å². The van der Waals surface area contributed by atoms with Gasteiger partial charge in [-0.25, -0.2) is 0 Å². The predicted octanol–water partition coefficient (Wildman–Crippen LogP) is 4.32. The minimum absolute atomic E-state index is 0.398. The second kappa shape index (κ2) is 8.45. The van der Waals surface area contributed by atoms with Gasteiger partial charge in [-0.2, -0.15) is 14.9 Å². The van der Waals surface area contributed by atoms with E-state index in [4.69, 9.17) is 21.7 Å². The number of methoxy groups -OCH3 is 1. The Morgan fingerprint density at radius 1 is 1.27 bits per heavy atom. The van der Waals surface area contributed by atoms with Crippen molar-refractivity contribution in [1.82, 2.24) is 14.9 Å². The largest absolute Gasteiger partial charge is 0.496 e. The molecule has 0 atom stereocenters. The molecule has 26 heavy (non-hydrogen) atoms. The van der Waals surface area contributed by atoms with Gasteiger partial charge in [0.15, 0.2) is 0 Å². The minimum Gasteiger partial charge on any atom is -0.496 e. The fraction of sp³-hybridized carbons (Fsp3) is 0.167. The molecule has 2 aromatic carbocycles. The van der Waals surface area contributed by atoms with E-state index in [0.29, 0.717) is 17.2 Å². The number of hydrogen-bond acceptors (Lipinski definition) is 5. The summed E-state index contributed by atoms with van der Waals surface area (Å²) in [6.07, 6.45) is 1.73. The molecule has 3 aromatic rings. The van der Waals surface area contributed by atoms with Crippen molar-refractivity contribution in [3.63, 3.8) is 0 Å². The number of nitrogens with one attached hydrogen (secondary N) is 1. The third-order valence-electron chi connectivity index (χ3n) is 3.65. The second-order valence-electron chi connectivity index (χ2n) is 5.45. The molecule has 8 heteroatoms. The van der Waals surface area contributed by atoms with E-state index in [1.54, 1.807) is 18.0 Å². The SMILES string of the molecule is COc1ccc(/C=N\n2c(C)n[nH]c2=S)cc1COc1ccc(I)cc1. The van der Waals surface area contributed by atoms with Gasteiger partial charge in [-0.3, -0.25) is 5.10 Å². The van der Waals surface area contributed by atoms with Crippen molar-refractivity contribution in [3.8, 4) is 11.5 Å². The molecule has 3 rings (SSSR count). The fourth-order valence-corrected chi connectivity index (χ4v) is 2.90. The highest BCUT2D eigenvalue weighted by molar-refractivity contribution is 14.1. The number of aromatic amines is 1. The quantitative estimate of drug-likeness (QED) is 0.324. The Labute approximate surface area is 170 Å². The van der Waals surface area contributed by atoms with Crippen molar-refractivity contribution < 1.29 is 9.47 Å². The number of H-pyrrole nitrogens is 1. The van der Waals surface area contributed by atoms with Crippen LogP contribution in [0.2, 0.25) is 0 Å². The van der Waals surface area contributed by atoms with E-state index in [1.165, 1.54) is 3.57 Å². The third-order valence-corrected chi connectivity index (χ3v) is 4.63. The summed E-state index contributed by atoms with van der Waals surface area (Å²) in [5.74, 6) is 2.28. The Morgan fingerprint density at radius 2 is 2.04 bits per heavy atom. The van der Waals surface area contributed by atoms with Gasteiger partial charge in [-0.1, -0.05) is 0 Å². The zero-order chi connectivity index (χ0) is 18.5. The average Bonchev–Trinajstić information content (AvgIpc) is 2.97. The van der Waals surface area contributed by atoms with Crippen LogP contribution < -0.4 is 9.47 Å². The van der Waals surface area contributed by atoms with Crippen LogP contribution in [0.5, 0.6) is 11.5 Å². The standard InChI is InChI=1S/C18H17IN4O2S/c1-12-21-22-18(26)23(12)20-10-13-3-8-17(24-2)14(9-13)11-25-16-6-4-15(19)5-7-16/h3-10H,11H2,1-2H3,(H,22,26)/b20-10-. The van der Waals surface area contributed by atoms with Crippen molar-refractivity contribution in [2.75, 3.05) is 7.11 Å². The molecular formula is C18H17IN4O2S. The van der Waals surface area contributed by atoms with Crippen LogP contribution in [0.1, 0.15) is 17.0 Å². The van der Waals surface area contributed by atoms with Crippen LogP contribution in [0.25, 0.3) is 0 Å². The van der Waals surface area contributed by atoms with E-state index in [-0.39, 0.29) is 0 Å². The summed E-state index contributed by atoms with van der Waals surface area (Å²) in [4.78, 5) is 0. The Kier molecular flexibility index (Phi) is 6.04. The van der Waals surface area contributed by atoms with E-state index >= 15 is 0 Å². The summed E-state index contributed by atoms with van der Waals surface area (Å²) in [6, 6.07) is 13.7. The summed E-state index contributed by atoms with van der Waals surface area (Å²) in [6.45, 7) is 2.23. The first-order valence-electron chi connectivity index (χ1n) is 7.80. The van der Waals surface area contributed by atoms with Gasteiger partial charge in [0.25, 0.3) is 0 Å². The van der Waals surface area contributed by atoms with Gasteiger partial charge in [0.05, 0.1) is 13.3 Å². The summed E-state index contributed by atoms with van der Waals surface area (Å²) >= 11 is 7.41. The average molecular weight is 480 g/mol. The fourth-order valence-electron chi connectivity index (χ4n) is 2.31. The Bertz CT molecular complexity index is 980. The molecule has 0 amide bonds. The van der Waals surface area contributed by atoms with Crippen molar-refractivity contribution in [2.45, 2.75) is 13.5 Å². The summed E-state index contributed by atoms with van der Waals surface area (Å²) in [7, 11) is 1.64. The number of hydrogen-bond donors (Lipinski definition) is 1. The van der Waals surface area contributed by atoms with Crippen LogP contribution in [0.4, 0.5) is 0 Å². The van der Waals surface area contributed by atoms with Gasteiger partial charge in [0.1, 0.15) is 23.9 Å². The molecule has 0 unspecified atom stereocenters. The molecular weight excluding hydrogens is 463 g/mol. The maximum absolute atomic E-state index is 5.87. The molecule has 0 aliphatic rings. The number of aryl methyl sites for hydroxylation is 1. The first kappa shape index (κ1) is 18.6. The number of aromatic nitrogens is 3. The van der Waals surface area contributed by atoms with Gasteiger partial charge < -0.3 is 9.47 Å². The van der Waals surface area contributed by atoms with E-state index in [1.807, 2.05) is 49.4 Å². The summed E-state index contributed by atoms with van der Waals surface area (Å²) in [5.41, 5.74) is 1.84. The number of rotatable bonds is 6. The molecule has 0 aliphatic carbocycles. The highest BCUT2D eigenvalue weighted by atomic mass is 127. The topological polar surface area (TPSA) is 64.4 Å². The summed E-state index contributed by atoms with van der Waals surface area (Å²) < 4.78 is 14.5. The molecule has 0 spiro atoms. The van der Waals surface area contributed by atoms with E-state index in [0.717, 1.165) is 22.6 Å². The minimum atomic E-state index is 0.398. The van der Waals surface area contributed by atoms with Gasteiger partial charge in [-0.15, -0.1) is 0 Å². The lowest BCUT2D eigenvalue weighted by Crippen LogP contribution is -2.00. The van der Waals surface area contributed by atoms with Gasteiger partial charge in [0.2, 0.25) is 4.77 Å². The molecule has 0 saturated carbocycles. The maximum atomic E-state index is 5.87. The van der Waals surface area contributed by atoms with Crippen LogP contribution in [0.15, 0.2) is 47.6 Å². The molecule has 0 fully saturated rings. The highest BCUT2D eigenvalue weighted by Crippen LogP contribution is 2.22. The molecule has 6 nitrogen and oxygen atoms in total. The number of nitrogens with zero attached hydrogens (tertiary/aromatic N) is 3. The Hall–Kier alpha value is -2.20. The van der Waals surface area contributed by atoms with Crippen LogP contribution >= 0.6 is 34.8 Å². The zero-order valence-electron chi connectivity index (χ0n) is 14.3. The van der Waals surface area contributed by atoms with Gasteiger partial charge in [-0.05, 0) is 89.8 Å². The maximum Gasteiger partial charge on any atom is 0.216 e. The zero-order valence-corrected chi connectivity index (χ0v) is 17.2. The highest BCUT2D eigenvalue weighted by Gasteiger charge is 2.06. The van der Waals surface area contributed by atoms with Crippen LogP contribution in [-0.4, -0.2) is 28.2 Å². The molecule has 0 aliphatic heterocycles. The molecule has 0 saturated heterocycles. The molecule has 134 valence electrons. The third kappa shape index (κ3) is 4.50. The predicted molar refractivity (Wildman–Crippen MR) is 112 cm³/mol. The molecule has 1 aromatic heterocycles. The van der Waals surface area contributed by atoms with Crippen LogP contribution in [0.3, 0.4) is 0 Å². The van der Waals surface area contributed by atoms with Crippen molar-refractivity contribution >= 4 is 41.0 Å². The number of halogens is 1. The van der Waals surface area contributed by atoms with Crippen molar-refractivity contribution in [1.29, 1.82) is 0 Å². The van der Waals surface area contributed by atoms with E-state index < -0.39 is 0 Å². The van der Waals surface area contributed by atoms with E-state index in [9.17, 15) is 0 Å².